The van der Waals surface area contributed by atoms with Crippen molar-refractivity contribution in [2.45, 2.75) is 52.0 Å². The van der Waals surface area contributed by atoms with Crippen LogP contribution in [0.25, 0.3) is 0 Å². The maximum Gasteiger partial charge on any atom is 0.124 e. The summed E-state index contributed by atoms with van der Waals surface area (Å²) in [5.74, 6) is 1.01. The van der Waals surface area contributed by atoms with Gasteiger partial charge >= 0.3 is 0 Å². The zero-order valence-corrected chi connectivity index (χ0v) is 14.1. The Kier molecular flexibility index (Phi) is 4.64. The predicted octanol–water partition coefficient (Wildman–Crippen LogP) is 3.20. The molecule has 21 heavy (non-hydrogen) atoms. The van der Waals surface area contributed by atoms with Gasteiger partial charge in [-0.05, 0) is 48.9 Å². The molecule has 0 amide bonds. The second kappa shape index (κ2) is 5.98. The zero-order valence-electron chi connectivity index (χ0n) is 14.1. The highest BCUT2D eigenvalue weighted by atomic mass is 16.3. The van der Waals surface area contributed by atoms with E-state index in [2.05, 4.69) is 51.8 Å². The van der Waals surface area contributed by atoms with Crippen molar-refractivity contribution in [2.24, 2.45) is 11.7 Å². The molecule has 3 N–H and O–H groups in total. The minimum atomic E-state index is -0.0472. The topological polar surface area (TPSA) is 49.5 Å². The average molecular weight is 290 g/mol. The molecule has 0 bridgehead atoms. The lowest BCUT2D eigenvalue weighted by atomic mass is 9.82. The lowest BCUT2D eigenvalue weighted by Gasteiger charge is -2.27. The maximum absolute atomic E-state index is 10.8. The molecule has 0 aromatic heterocycles. The van der Waals surface area contributed by atoms with Crippen molar-refractivity contribution in [3.05, 3.63) is 28.8 Å². The van der Waals surface area contributed by atoms with Crippen molar-refractivity contribution < 1.29 is 5.11 Å². The lowest BCUT2D eigenvalue weighted by molar-refractivity contribution is 0.304. The second-order valence-corrected chi connectivity index (χ2v) is 7.48. The van der Waals surface area contributed by atoms with E-state index in [1.54, 1.807) is 0 Å². The molecular weight excluding hydrogens is 260 g/mol. The molecule has 1 aliphatic rings. The molecule has 3 nitrogen and oxygen atoms in total. The van der Waals surface area contributed by atoms with Crippen LogP contribution < -0.4 is 5.73 Å². The molecule has 2 atom stereocenters. The third kappa shape index (κ3) is 3.24. The van der Waals surface area contributed by atoms with E-state index in [9.17, 15) is 5.11 Å². The molecule has 118 valence electrons. The normalized spacial score (nSPS) is 23.7. The van der Waals surface area contributed by atoms with E-state index in [1.807, 2.05) is 0 Å². The van der Waals surface area contributed by atoms with Crippen LogP contribution >= 0.6 is 0 Å². The van der Waals surface area contributed by atoms with Crippen LogP contribution in [0.15, 0.2) is 12.1 Å². The second-order valence-electron chi connectivity index (χ2n) is 7.48. The monoisotopic (exact) mass is 290 g/mol. The first-order valence-corrected chi connectivity index (χ1v) is 8.04. The molecule has 0 aliphatic carbocycles. The number of nitrogens with zero attached hydrogens (tertiary/aromatic N) is 1. The highest BCUT2D eigenvalue weighted by Crippen LogP contribution is 2.43. The van der Waals surface area contributed by atoms with Crippen LogP contribution in [0, 0.1) is 5.92 Å². The fraction of sp³-hybridized carbons (Fsp3) is 0.667. The van der Waals surface area contributed by atoms with E-state index >= 15 is 0 Å². The number of nitrogens with two attached hydrogens (primary N) is 1. The highest BCUT2D eigenvalue weighted by molar-refractivity contribution is 5.48. The third-order valence-corrected chi connectivity index (χ3v) is 4.74. The molecule has 2 rings (SSSR count). The summed E-state index contributed by atoms with van der Waals surface area (Å²) in [4.78, 5) is 2.33. The van der Waals surface area contributed by atoms with Gasteiger partial charge < -0.3 is 10.8 Å². The molecule has 0 radical (unpaired) electrons. The van der Waals surface area contributed by atoms with Gasteiger partial charge in [-0.2, -0.15) is 0 Å². The number of aromatic hydroxyl groups is 1. The first-order valence-electron chi connectivity index (χ1n) is 8.04. The van der Waals surface area contributed by atoms with Gasteiger partial charge in [0.2, 0.25) is 0 Å². The van der Waals surface area contributed by atoms with Crippen molar-refractivity contribution in [1.29, 1.82) is 0 Å². The summed E-state index contributed by atoms with van der Waals surface area (Å²) in [6.07, 6.45) is 2.03. The molecular formula is C18H30N2O. The number of phenolic OH excluding ortho intramolecular Hbond substituents is 1. The quantitative estimate of drug-likeness (QED) is 0.898. The maximum atomic E-state index is 10.8. The van der Waals surface area contributed by atoms with Crippen LogP contribution in [-0.4, -0.2) is 30.1 Å². The highest BCUT2D eigenvalue weighted by Gasteiger charge is 2.33. The van der Waals surface area contributed by atoms with Gasteiger partial charge in [0.25, 0.3) is 0 Å². The first kappa shape index (κ1) is 16.3. The van der Waals surface area contributed by atoms with E-state index < -0.39 is 0 Å². The van der Waals surface area contributed by atoms with E-state index in [0.29, 0.717) is 11.7 Å². The smallest absolute Gasteiger partial charge is 0.124 e. The third-order valence-electron chi connectivity index (χ3n) is 4.74. The molecule has 0 saturated carbocycles. The molecule has 1 aliphatic heterocycles. The average Bonchev–Trinajstić information content (AvgIpc) is 2.79. The summed E-state index contributed by atoms with van der Waals surface area (Å²) < 4.78 is 0. The number of hydrogen-bond donors (Lipinski definition) is 2. The Morgan fingerprint density at radius 3 is 2.48 bits per heavy atom. The Bertz CT molecular complexity index is 505. The summed E-state index contributed by atoms with van der Waals surface area (Å²) in [5, 5.41) is 10.8. The molecule has 0 spiro atoms. The number of benzene rings is 1. The van der Waals surface area contributed by atoms with Crippen molar-refractivity contribution in [3.8, 4) is 5.75 Å². The Morgan fingerprint density at radius 1 is 1.33 bits per heavy atom. The van der Waals surface area contributed by atoms with E-state index in [-0.39, 0.29) is 11.5 Å². The molecule has 1 heterocycles. The summed E-state index contributed by atoms with van der Waals surface area (Å²) >= 11 is 0. The van der Waals surface area contributed by atoms with Gasteiger partial charge in [0.15, 0.2) is 0 Å². The van der Waals surface area contributed by atoms with Crippen LogP contribution in [0.2, 0.25) is 0 Å². The Balaban J connectivity index is 2.48. The van der Waals surface area contributed by atoms with Gasteiger partial charge in [-0.25, -0.2) is 0 Å². The number of rotatable bonds is 3. The van der Waals surface area contributed by atoms with Crippen LogP contribution in [-0.2, 0) is 11.8 Å². The first-order chi connectivity index (χ1) is 9.77. The summed E-state index contributed by atoms with van der Waals surface area (Å²) in [6.45, 7) is 10.4. The SMILES string of the molecule is CCc1cc(C2CC(CN)CN2C)c(O)c(C(C)(C)C)c1. The van der Waals surface area contributed by atoms with Crippen molar-refractivity contribution in [1.82, 2.24) is 4.90 Å². The molecule has 1 saturated heterocycles. The summed E-state index contributed by atoms with van der Waals surface area (Å²) in [7, 11) is 2.13. The van der Waals surface area contributed by atoms with Gasteiger partial charge in [-0.1, -0.05) is 39.8 Å². The predicted molar refractivity (Wildman–Crippen MR) is 88.7 cm³/mol. The van der Waals surface area contributed by atoms with Crippen LogP contribution in [0.4, 0.5) is 0 Å². The van der Waals surface area contributed by atoms with Gasteiger partial charge in [-0.3, -0.25) is 4.90 Å². The molecule has 1 aromatic rings. The van der Waals surface area contributed by atoms with Crippen LogP contribution in [0.1, 0.15) is 56.8 Å². The summed E-state index contributed by atoms with van der Waals surface area (Å²) in [6, 6.07) is 4.63. The fourth-order valence-electron chi connectivity index (χ4n) is 3.39. The molecule has 3 heteroatoms. The minimum Gasteiger partial charge on any atom is -0.507 e. The van der Waals surface area contributed by atoms with Gasteiger partial charge in [0.1, 0.15) is 5.75 Å². The molecule has 1 aromatic carbocycles. The fourth-order valence-corrected chi connectivity index (χ4v) is 3.39. The minimum absolute atomic E-state index is 0.0472. The van der Waals surface area contributed by atoms with Crippen LogP contribution in [0.3, 0.4) is 0 Å². The molecule has 2 unspecified atom stereocenters. The van der Waals surface area contributed by atoms with Crippen LogP contribution in [0.5, 0.6) is 5.75 Å². The van der Waals surface area contributed by atoms with Gasteiger partial charge in [0, 0.05) is 18.2 Å². The number of hydrogen-bond acceptors (Lipinski definition) is 3. The van der Waals surface area contributed by atoms with E-state index in [0.717, 1.165) is 37.1 Å². The van der Waals surface area contributed by atoms with E-state index in [4.69, 9.17) is 5.73 Å². The van der Waals surface area contributed by atoms with Gasteiger partial charge in [-0.15, -0.1) is 0 Å². The Hall–Kier alpha value is -1.06. The number of aryl methyl sites for hydroxylation is 1. The lowest BCUT2D eigenvalue weighted by Crippen LogP contribution is -2.21. The summed E-state index contributed by atoms with van der Waals surface area (Å²) in [5.41, 5.74) is 9.23. The largest absolute Gasteiger partial charge is 0.507 e. The Labute approximate surface area is 129 Å². The Morgan fingerprint density at radius 2 is 2.00 bits per heavy atom. The number of phenols is 1. The molecule has 1 fully saturated rings. The zero-order chi connectivity index (χ0) is 15.8. The number of likely N-dealkylation sites (tertiary alicyclic amines) is 1. The van der Waals surface area contributed by atoms with E-state index in [1.165, 1.54) is 5.56 Å². The van der Waals surface area contributed by atoms with Crippen molar-refractivity contribution >= 4 is 0 Å². The standard InChI is InChI=1S/C18H30N2O/c1-6-12-7-14(16-9-13(10-19)11-20(16)5)17(21)15(8-12)18(2,3)4/h7-8,13,16,21H,6,9-11,19H2,1-5H3. The van der Waals surface area contributed by atoms with Gasteiger partial charge in [0.05, 0.1) is 0 Å². The van der Waals surface area contributed by atoms with Crippen molar-refractivity contribution in [2.75, 3.05) is 20.1 Å². The van der Waals surface area contributed by atoms with Crippen molar-refractivity contribution in [3.63, 3.8) is 0 Å².